The lowest BCUT2D eigenvalue weighted by atomic mass is 9.14. The summed E-state index contributed by atoms with van der Waals surface area (Å²) >= 11 is 0. The molecule has 2 heteroatoms. The van der Waals surface area contributed by atoms with Crippen LogP contribution in [0.5, 0.6) is 0 Å². The van der Waals surface area contributed by atoms with Crippen LogP contribution in [0.25, 0.3) is 10.9 Å². The van der Waals surface area contributed by atoms with Gasteiger partial charge in [-0.25, -0.2) is 0 Å². The second-order valence-electron chi connectivity index (χ2n) is 12.2. The van der Waals surface area contributed by atoms with E-state index in [1.807, 2.05) is 0 Å². The van der Waals surface area contributed by atoms with Gasteiger partial charge in [-0.15, -0.1) is 0 Å². The van der Waals surface area contributed by atoms with Gasteiger partial charge in [0.05, 0.1) is 6.15 Å². The van der Waals surface area contributed by atoms with Gasteiger partial charge in [0.1, 0.15) is 6.54 Å². The predicted octanol–water partition coefficient (Wildman–Crippen LogP) is 8.59. The Balaban J connectivity index is 0.000000279. The SMILES string of the molecule is CCCCCCCC[B-](c1ccc(C)cc1)(c1ccc(C)cc1)c1ccc(C)cc1.CC[n+]1cccc2ccccc21. The Morgan fingerprint density at radius 2 is 0.952 bits per heavy atom. The summed E-state index contributed by atoms with van der Waals surface area (Å²) in [6, 6.07) is 40.7. The molecule has 0 radical (unpaired) electrons. The lowest BCUT2D eigenvalue weighted by Gasteiger charge is -2.43. The average Bonchev–Trinajstić information content (AvgIpc) is 3.02. The van der Waals surface area contributed by atoms with Crippen LogP contribution in [-0.2, 0) is 6.54 Å². The number of para-hydroxylation sites is 1. The van der Waals surface area contributed by atoms with Crippen molar-refractivity contribution in [3.63, 3.8) is 0 Å². The number of benzene rings is 4. The fourth-order valence-electron chi connectivity index (χ4n) is 6.49. The van der Waals surface area contributed by atoms with Crippen molar-refractivity contribution < 1.29 is 4.57 Å². The van der Waals surface area contributed by atoms with Gasteiger partial charge < -0.3 is 0 Å². The number of rotatable bonds is 11. The molecule has 42 heavy (non-hydrogen) atoms. The average molecular weight is 556 g/mol. The molecule has 0 N–H and O–H groups in total. The summed E-state index contributed by atoms with van der Waals surface area (Å²) in [5.74, 6) is 0. The van der Waals surface area contributed by atoms with Crippen molar-refractivity contribution in [1.82, 2.24) is 0 Å². The number of pyridine rings is 1. The van der Waals surface area contributed by atoms with Gasteiger partial charge in [-0.1, -0.05) is 147 Å². The number of fused-ring (bicyclic) bond motifs is 1. The van der Waals surface area contributed by atoms with Gasteiger partial charge in [0, 0.05) is 17.5 Å². The molecule has 4 aromatic carbocycles. The van der Waals surface area contributed by atoms with Gasteiger partial charge in [-0.3, -0.25) is 0 Å². The first-order valence-corrected chi connectivity index (χ1v) is 16.2. The minimum Gasteiger partial charge on any atom is -0.200 e. The highest BCUT2D eigenvalue weighted by atomic mass is 14.9. The second-order valence-corrected chi connectivity index (χ2v) is 12.2. The molecule has 0 spiro atoms. The zero-order chi connectivity index (χ0) is 29.8. The fourth-order valence-corrected chi connectivity index (χ4v) is 6.49. The summed E-state index contributed by atoms with van der Waals surface area (Å²) in [7, 11) is 0. The molecule has 5 aromatic rings. The van der Waals surface area contributed by atoms with Crippen molar-refractivity contribution >= 4 is 33.4 Å². The maximum atomic E-state index is 2.38. The van der Waals surface area contributed by atoms with E-state index in [-0.39, 0.29) is 0 Å². The summed E-state index contributed by atoms with van der Waals surface area (Å²) in [5.41, 5.74) is 9.72. The van der Waals surface area contributed by atoms with E-state index in [2.05, 4.69) is 155 Å². The van der Waals surface area contributed by atoms with E-state index < -0.39 is 6.15 Å². The van der Waals surface area contributed by atoms with Crippen LogP contribution < -0.4 is 21.0 Å². The topological polar surface area (TPSA) is 3.88 Å². The van der Waals surface area contributed by atoms with Crippen LogP contribution in [0.1, 0.15) is 69.1 Å². The van der Waals surface area contributed by atoms with Crippen LogP contribution in [0.15, 0.2) is 115 Å². The first-order valence-electron chi connectivity index (χ1n) is 16.2. The molecule has 0 bridgehead atoms. The summed E-state index contributed by atoms with van der Waals surface area (Å²) in [6.07, 6.45) is 10.3. The lowest BCUT2D eigenvalue weighted by Crippen LogP contribution is -2.67. The normalized spacial score (nSPS) is 11.3. The summed E-state index contributed by atoms with van der Waals surface area (Å²) in [5, 5.41) is 1.31. The minimum absolute atomic E-state index is 0.981. The first-order chi connectivity index (χ1) is 20.5. The zero-order valence-electron chi connectivity index (χ0n) is 26.7. The molecular formula is C40H50BN. The van der Waals surface area contributed by atoms with Crippen LogP contribution in [0.3, 0.4) is 0 Å². The van der Waals surface area contributed by atoms with Gasteiger partial charge in [-0.05, 0) is 39.8 Å². The zero-order valence-corrected chi connectivity index (χ0v) is 26.7. The van der Waals surface area contributed by atoms with Crippen molar-refractivity contribution in [2.75, 3.05) is 0 Å². The van der Waals surface area contributed by atoms with E-state index in [9.17, 15) is 0 Å². The molecule has 0 aliphatic heterocycles. The van der Waals surface area contributed by atoms with E-state index >= 15 is 0 Å². The molecule has 0 aliphatic carbocycles. The Bertz CT molecular complexity index is 1380. The Morgan fingerprint density at radius 1 is 0.500 bits per heavy atom. The largest absolute Gasteiger partial charge is 0.212 e. The second kappa shape index (κ2) is 15.5. The van der Waals surface area contributed by atoms with Gasteiger partial charge in [0.15, 0.2) is 6.20 Å². The standard InChI is InChI=1S/C29H38B.C11H12N/c1-5-6-7-8-9-10-23-30(27-17-11-24(2)12-18-27,28-19-13-25(3)14-20-28)29-21-15-26(4)16-22-29;1-2-12-9-5-7-10-6-3-4-8-11(10)12/h11-22H,5-10,23H2,1-4H3;3-9H,2H2,1H3/q-1;+1. The van der Waals surface area contributed by atoms with E-state index in [1.165, 1.54) is 88.8 Å². The monoisotopic (exact) mass is 555 g/mol. The van der Waals surface area contributed by atoms with Crippen LogP contribution in [0.4, 0.5) is 0 Å². The molecule has 0 amide bonds. The number of aromatic nitrogens is 1. The Morgan fingerprint density at radius 3 is 1.45 bits per heavy atom. The van der Waals surface area contributed by atoms with Gasteiger partial charge in [0.25, 0.3) is 0 Å². The highest BCUT2D eigenvalue weighted by Crippen LogP contribution is 2.19. The molecule has 1 aromatic heterocycles. The van der Waals surface area contributed by atoms with Crippen molar-refractivity contribution in [1.29, 1.82) is 0 Å². The first kappa shape index (κ1) is 31.3. The molecule has 0 saturated heterocycles. The fraction of sp³-hybridized carbons (Fsp3) is 0.325. The maximum Gasteiger partial charge on any atom is 0.212 e. The van der Waals surface area contributed by atoms with Crippen molar-refractivity contribution in [3.05, 3.63) is 132 Å². The van der Waals surface area contributed by atoms with E-state index in [4.69, 9.17) is 0 Å². The van der Waals surface area contributed by atoms with Gasteiger partial charge in [0.2, 0.25) is 5.52 Å². The number of nitrogens with zero attached hydrogens (tertiary/aromatic N) is 1. The lowest BCUT2D eigenvalue weighted by molar-refractivity contribution is -0.667. The number of aryl methyl sites for hydroxylation is 4. The number of hydrogen-bond donors (Lipinski definition) is 0. The minimum atomic E-state index is -0.981. The van der Waals surface area contributed by atoms with Crippen molar-refractivity contribution in [2.24, 2.45) is 0 Å². The molecule has 218 valence electrons. The van der Waals surface area contributed by atoms with Gasteiger partial charge in [-0.2, -0.15) is 27.3 Å². The Kier molecular flexibility index (Phi) is 11.6. The number of hydrogen-bond acceptors (Lipinski definition) is 0. The molecule has 0 fully saturated rings. The third-order valence-corrected chi connectivity index (χ3v) is 9.06. The molecule has 0 atom stereocenters. The van der Waals surface area contributed by atoms with Crippen LogP contribution in [0.2, 0.25) is 6.32 Å². The molecule has 1 nitrogen and oxygen atoms in total. The molecular weight excluding hydrogens is 505 g/mol. The highest BCUT2D eigenvalue weighted by Gasteiger charge is 2.29. The Hall–Kier alpha value is -3.65. The van der Waals surface area contributed by atoms with E-state index in [0.717, 1.165) is 6.54 Å². The summed E-state index contributed by atoms with van der Waals surface area (Å²) in [4.78, 5) is 0. The molecule has 0 unspecified atom stereocenters. The molecule has 5 rings (SSSR count). The smallest absolute Gasteiger partial charge is 0.200 e. The quantitative estimate of drug-likeness (QED) is 0.0873. The summed E-state index contributed by atoms with van der Waals surface area (Å²) < 4.78 is 2.25. The predicted molar refractivity (Wildman–Crippen MR) is 186 cm³/mol. The van der Waals surface area contributed by atoms with Crippen molar-refractivity contribution in [2.45, 2.75) is 86.0 Å². The van der Waals surface area contributed by atoms with E-state index in [1.54, 1.807) is 0 Å². The molecule has 0 saturated carbocycles. The maximum absolute atomic E-state index is 2.38. The van der Waals surface area contributed by atoms with Crippen LogP contribution >= 0.6 is 0 Å². The molecule has 0 aliphatic rings. The molecule has 1 heterocycles. The Labute approximate surface area is 255 Å². The van der Waals surface area contributed by atoms with E-state index in [0.29, 0.717) is 0 Å². The van der Waals surface area contributed by atoms with Crippen molar-refractivity contribution in [3.8, 4) is 0 Å². The van der Waals surface area contributed by atoms with Crippen LogP contribution in [0, 0.1) is 20.8 Å². The number of unbranched alkanes of at least 4 members (excludes halogenated alkanes) is 5. The third-order valence-electron chi connectivity index (χ3n) is 9.06. The van der Waals surface area contributed by atoms with Crippen LogP contribution in [-0.4, -0.2) is 6.15 Å². The third kappa shape index (κ3) is 7.79. The van der Waals surface area contributed by atoms with Gasteiger partial charge >= 0.3 is 0 Å². The highest BCUT2D eigenvalue weighted by molar-refractivity contribution is 7.11. The summed E-state index contributed by atoms with van der Waals surface area (Å²) in [6.45, 7) is 12.0.